The van der Waals surface area contributed by atoms with Crippen molar-refractivity contribution in [2.45, 2.75) is 12.8 Å². The molecule has 4 rings (SSSR count). The number of anilines is 1. The van der Waals surface area contributed by atoms with E-state index in [4.69, 9.17) is 16.0 Å². The lowest BCUT2D eigenvalue weighted by Gasteiger charge is -2.05. The van der Waals surface area contributed by atoms with Gasteiger partial charge in [-0.15, -0.1) is 0 Å². The number of para-hydroxylation sites is 1. The summed E-state index contributed by atoms with van der Waals surface area (Å²) in [7, 11) is 0. The van der Waals surface area contributed by atoms with Crippen molar-refractivity contribution < 1.29 is 9.21 Å². The summed E-state index contributed by atoms with van der Waals surface area (Å²) in [6, 6.07) is 13.0. The van der Waals surface area contributed by atoms with Gasteiger partial charge in [0.2, 0.25) is 5.91 Å². The maximum atomic E-state index is 12.2. The number of fused-ring (bicyclic) bond motifs is 1. The topological polar surface area (TPSA) is 83.8 Å². The summed E-state index contributed by atoms with van der Waals surface area (Å²) < 4.78 is 5.72. The molecule has 2 aromatic heterocycles. The average Bonchev–Trinajstić information content (AvgIpc) is 3.30. The number of oxazole rings is 1. The van der Waals surface area contributed by atoms with Crippen LogP contribution in [0.25, 0.3) is 22.2 Å². The van der Waals surface area contributed by atoms with Crippen molar-refractivity contribution in [3.8, 4) is 11.3 Å². The first kappa shape index (κ1) is 16.4. The summed E-state index contributed by atoms with van der Waals surface area (Å²) in [5.74, 6) is 0.965. The standard InChI is InChI=1S/C19H15ClN4O2/c20-14-6-2-1-5-13(14)16-11-21-18(26-16)9-8-17(25)23-15-7-3-4-12-10-22-24-19(12)15/h1-7,10-11H,8-9H2,(H,22,24)(H,23,25). The van der Waals surface area contributed by atoms with E-state index in [0.717, 1.165) is 16.5 Å². The molecule has 0 aliphatic rings. The molecule has 2 heterocycles. The van der Waals surface area contributed by atoms with E-state index in [1.54, 1.807) is 18.5 Å². The van der Waals surface area contributed by atoms with Crippen LogP contribution >= 0.6 is 11.6 Å². The minimum Gasteiger partial charge on any atom is -0.441 e. The highest BCUT2D eigenvalue weighted by atomic mass is 35.5. The van der Waals surface area contributed by atoms with Gasteiger partial charge in [-0.1, -0.05) is 35.9 Å². The molecule has 0 fully saturated rings. The molecule has 0 bridgehead atoms. The first-order chi connectivity index (χ1) is 12.7. The zero-order chi connectivity index (χ0) is 17.9. The summed E-state index contributed by atoms with van der Waals surface area (Å²) in [5.41, 5.74) is 2.29. The number of nitrogens with one attached hydrogen (secondary N) is 2. The van der Waals surface area contributed by atoms with Gasteiger partial charge in [0.05, 0.1) is 28.6 Å². The first-order valence-corrected chi connectivity index (χ1v) is 8.50. The lowest BCUT2D eigenvalue weighted by molar-refractivity contribution is -0.116. The fourth-order valence-electron chi connectivity index (χ4n) is 2.72. The van der Waals surface area contributed by atoms with Crippen LogP contribution in [0.2, 0.25) is 5.02 Å². The van der Waals surface area contributed by atoms with E-state index in [9.17, 15) is 4.79 Å². The van der Waals surface area contributed by atoms with Gasteiger partial charge in [-0.05, 0) is 18.2 Å². The number of rotatable bonds is 5. The Morgan fingerprint density at radius 3 is 2.92 bits per heavy atom. The Labute approximate surface area is 154 Å². The molecule has 4 aromatic rings. The van der Waals surface area contributed by atoms with Gasteiger partial charge in [-0.25, -0.2) is 4.98 Å². The molecule has 0 aliphatic heterocycles. The number of aromatic amines is 1. The predicted molar refractivity (Wildman–Crippen MR) is 100.0 cm³/mol. The van der Waals surface area contributed by atoms with Crippen molar-refractivity contribution in [1.29, 1.82) is 0 Å². The van der Waals surface area contributed by atoms with E-state index in [1.807, 2.05) is 36.4 Å². The van der Waals surface area contributed by atoms with E-state index < -0.39 is 0 Å². The minimum absolute atomic E-state index is 0.121. The van der Waals surface area contributed by atoms with Crippen LogP contribution in [0.3, 0.4) is 0 Å². The smallest absolute Gasteiger partial charge is 0.224 e. The molecule has 0 radical (unpaired) electrons. The minimum atomic E-state index is -0.121. The second kappa shape index (κ2) is 7.01. The molecule has 26 heavy (non-hydrogen) atoms. The van der Waals surface area contributed by atoms with Crippen LogP contribution in [0, 0.1) is 0 Å². The van der Waals surface area contributed by atoms with Crippen molar-refractivity contribution in [2.24, 2.45) is 0 Å². The highest BCUT2D eigenvalue weighted by Gasteiger charge is 2.12. The number of benzene rings is 2. The van der Waals surface area contributed by atoms with Gasteiger partial charge in [0.25, 0.3) is 0 Å². The first-order valence-electron chi connectivity index (χ1n) is 8.12. The van der Waals surface area contributed by atoms with Gasteiger partial charge < -0.3 is 9.73 Å². The number of aromatic nitrogens is 3. The Morgan fingerprint density at radius 1 is 1.15 bits per heavy atom. The van der Waals surface area contributed by atoms with Crippen LogP contribution in [0.4, 0.5) is 5.69 Å². The van der Waals surface area contributed by atoms with E-state index in [1.165, 1.54) is 0 Å². The molecule has 7 heteroatoms. The Morgan fingerprint density at radius 2 is 2.04 bits per heavy atom. The zero-order valence-electron chi connectivity index (χ0n) is 13.7. The molecular weight excluding hydrogens is 352 g/mol. The van der Waals surface area contributed by atoms with Crippen molar-refractivity contribution in [3.63, 3.8) is 0 Å². The summed E-state index contributed by atoms with van der Waals surface area (Å²) in [6.07, 6.45) is 4.00. The number of carbonyl (C=O) groups excluding carboxylic acids is 1. The number of H-pyrrole nitrogens is 1. The average molecular weight is 367 g/mol. The van der Waals surface area contributed by atoms with Gasteiger partial charge >= 0.3 is 0 Å². The zero-order valence-corrected chi connectivity index (χ0v) is 14.5. The normalized spacial score (nSPS) is 11.0. The maximum Gasteiger partial charge on any atom is 0.224 e. The largest absolute Gasteiger partial charge is 0.441 e. The van der Waals surface area contributed by atoms with Gasteiger partial charge in [0.15, 0.2) is 11.7 Å². The fourth-order valence-corrected chi connectivity index (χ4v) is 2.95. The summed E-state index contributed by atoms with van der Waals surface area (Å²) in [5, 5.41) is 11.3. The van der Waals surface area contributed by atoms with Crippen LogP contribution in [0.5, 0.6) is 0 Å². The molecule has 2 aromatic carbocycles. The lowest BCUT2D eigenvalue weighted by atomic mass is 10.2. The van der Waals surface area contributed by atoms with Crippen LogP contribution in [-0.4, -0.2) is 21.1 Å². The number of hydrogen-bond donors (Lipinski definition) is 2. The number of aryl methyl sites for hydroxylation is 1. The van der Waals surface area contributed by atoms with Crippen LogP contribution < -0.4 is 5.32 Å². The highest BCUT2D eigenvalue weighted by Crippen LogP contribution is 2.28. The summed E-state index contributed by atoms with van der Waals surface area (Å²) >= 11 is 6.16. The second-order valence-electron chi connectivity index (χ2n) is 5.79. The summed E-state index contributed by atoms with van der Waals surface area (Å²) in [4.78, 5) is 16.5. The number of hydrogen-bond acceptors (Lipinski definition) is 4. The third-order valence-corrected chi connectivity index (χ3v) is 4.34. The monoisotopic (exact) mass is 366 g/mol. The molecule has 0 unspecified atom stereocenters. The van der Waals surface area contributed by atoms with Crippen LogP contribution in [0.1, 0.15) is 12.3 Å². The van der Waals surface area contributed by atoms with Crippen molar-refractivity contribution in [1.82, 2.24) is 15.2 Å². The Hall–Kier alpha value is -3.12. The Bertz CT molecular complexity index is 1070. The molecule has 6 nitrogen and oxygen atoms in total. The SMILES string of the molecule is O=C(CCc1ncc(-c2ccccc2Cl)o1)Nc1cccc2cn[nH]c12. The fraction of sp³-hybridized carbons (Fsp3) is 0.105. The van der Waals surface area contributed by atoms with Gasteiger partial charge in [-0.2, -0.15) is 5.10 Å². The van der Waals surface area contributed by atoms with Crippen LogP contribution in [-0.2, 0) is 11.2 Å². The van der Waals surface area contributed by atoms with Crippen molar-refractivity contribution in [3.05, 3.63) is 65.8 Å². The van der Waals surface area contributed by atoms with Crippen molar-refractivity contribution in [2.75, 3.05) is 5.32 Å². The Balaban J connectivity index is 1.41. The van der Waals surface area contributed by atoms with E-state index in [-0.39, 0.29) is 12.3 Å². The third kappa shape index (κ3) is 3.32. The highest BCUT2D eigenvalue weighted by molar-refractivity contribution is 6.33. The molecule has 0 saturated carbocycles. The number of amides is 1. The number of halogens is 1. The van der Waals surface area contributed by atoms with Crippen LogP contribution in [0.15, 0.2) is 59.3 Å². The molecule has 1 amide bonds. The van der Waals surface area contributed by atoms with Gasteiger partial charge in [-0.3, -0.25) is 9.89 Å². The lowest BCUT2D eigenvalue weighted by Crippen LogP contribution is -2.12. The molecule has 2 N–H and O–H groups in total. The third-order valence-electron chi connectivity index (χ3n) is 4.01. The van der Waals surface area contributed by atoms with E-state index in [0.29, 0.717) is 28.8 Å². The molecule has 0 atom stereocenters. The van der Waals surface area contributed by atoms with Gasteiger partial charge in [0, 0.05) is 23.8 Å². The quantitative estimate of drug-likeness (QED) is 0.546. The second-order valence-corrected chi connectivity index (χ2v) is 6.19. The predicted octanol–water partition coefficient (Wildman–Crippen LogP) is 4.44. The molecule has 0 saturated heterocycles. The van der Waals surface area contributed by atoms with E-state index >= 15 is 0 Å². The molecular formula is C19H15ClN4O2. The number of nitrogens with zero attached hydrogens (tertiary/aromatic N) is 2. The molecule has 0 aliphatic carbocycles. The summed E-state index contributed by atoms with van der Waals surface area (Å²) in [6.45, 7) is 0. The number of carbonyl (C=O) groups is 1. The molecule has 0 spiro atoms. The Kier molecular flexibility index (Phi) is 4.41. The van der Waals surface area contributed by atoms with E-state index in [2.05, 4.69) is 20.5 Å². The molecule has 130 valence electrons. The maximum absolute atomic E-state index is 12.2. The van der Waals surface area contributed by atoms with Gasteiger partial charge in [0.1, 0.15) is 0 Å². The van der Waals surface area contributed by atoms with Crippen molar-refractivity contribution >= 4 is 34.1 Å².